The summed E-state index contributed by atoms with van der Waals surface area (Å²) in [6.07, 6.45) is 2.89. The summed E-state index contributed by atoms with van der Waals surface area (Å²) in [7, 11) is 0. The second-order valence-electron chi connectivity index (χ2n) is 2.44. The summed E-state index contributed by atoms with van der Waals surface area (Å²) in [4.78, 5) is 0. The van der Waals surface area contributed by atoms with Gasteiger partial charge in [-0.1, -0.05) is 0 Å². The van der Waals surface area contributed by atoms with Crippen LogP contribution in [0.1, 0.15) is 11.1 Å². The normalized spacial score (nSPS) is 16.9. The number of furan rings is 1. The predicted octanol–water partition coefficient (Wildman–Crippen LogP) is 1.69. The van der Waals surface area contributed by atoms with Gasteiger partial charge in [0.05, 0.1) is 6.26 Å². The first-order chi connectivity index (χ1) is 4.88. The fourth-order valence-corrected chi connectivity index (χ4v) is 1.78. The molecule has 0 aromatic carbocycles. The van der Waals surface area contributed by atoms with Crippen molar-refractivity contribution in [3.63, 3.8) is 0 Å². The van der Waals surface area contributed by atoms with E-state index in [1.807, 2.05) is 6.26 Å². The molecule has 1 aliphatic rings. The van der Waals surface area contributed by atoms with Crippen LogP contribution in [-0.2, 0) is 13.0 Å². The zero-order valence-corrected chi connectivity index (χ0v) is 7.07. The predicted molar refractivity (Wildman–Crippen MR) is 41.8 cm³/mol. The molecule has 3 heteroatoms. The Balaban J connectivity index is 2.45. The van der Waals surface area contributed by atoms with Gasteiger partial charge < -0.3 is 9.73 Å². The molecule has 0 amide bonds. The summed E-state index contributed by atoms with van der Waals surface area (Å²) in [5.74, 6) is 0. The van der Waals surface area contributed by atoms with Gasteiger partial charge in [0.15, 0.2) is 4.67 Å². The maximum Gasteiger partial charge on any atom is 0.172 e. The molecule has 0 spiro atoms. The average molecular weight is 202 g/mol. The summed E-state index contributed by atoms with van der Waals surface area (Å²) in [6, 6.07) is 0. The lowest BCUT2D eigenvalue weighted by Crippen LogP contribution is -2.22. The molecular weight excluding hydrogens is 194 g/mol. The van der Waals surface area contributed by atoms with Gasteiger partial charge in [0.2, 0.25) is 0 Å². The van der Waals surface area contributed by atoms with Crippen molar-refractivity contribution in [3.05, 3.63) is 22.1 Å². The summed E-state index contributed by atoms with van der Waals surface area (Å²) in [6.45, 7) is 2.01. The van der Waals surface area contributed by atoms with E-state index in [1.165, 1.54) is 11.1 Å². The minimum Gasteiger partial charge on any atom is -0.457 e. The second-order valence-corrected chi connectivity index (χ2v) is 3.16. The quantitative estimate of drug-likeness (QED) is 0.692. The zero-order valence-electron chi connectivity index (χ0n) is 5.48. The van der Waals surface area contributed by atoms with Crippen molar-refractivity contribution >= 4 is 15.9 Å². The first-order valence-corrected chi connectivity index (χ1v) is 4.12. The Labute approximate surface area is 67.7 Å². The molecular formula is C7H8BrNO. The van der Waals surface area contributed by atoms with Crippen molar-refractivity contribution in [1.82, 2.24) is 5.32 Å². The topological polar surface area (TPSA) is 25.2 Å². The van der Waals surface area contributed by atoms with Crippen LogP contribution in [0.2, 0.25) is 0 Å². The van der Waals surface area contributed by atoms with Crippen molar-refractivity contribution in [2.45, 2.75) is 13.0 Å². The van der Waals surface area contributed by atoms with Gasteiger partial charge in [0, 0.05) is 17.7 Å². The number of hydrogen-bond donors (Lipinski definition) is 1. The number of fused-ring (bicyclic) bond motifs is 1. The average Bonchev–Trinajstić information content (AvgIpc) is 2.34. The van der Waals surface area contributed by atoms with E-state index in [0.29, 0.717) is 0 Å². The molecule has 1 aromatic heterocycles. The van der Waals surface area contributed by atoms with Gasteiger partial charge in [-0.15, -0.1) is 0 Å². The van der Waals surface area contributed by atoms with Crippen LogP contribution in [0.5, 0.6) is 0 Å². The Morgan fingerprint density at radius 2 is 2.50 bits per heavy atom. The van der Waals surface area contributed by atoms with Gasteiger partial charge in [-0.25, -0.2) is 0 Å². The Bertz CT molecular complexity index is 244. The van der Waals surface area contributed by atoms with Crippen molar-refractivity contribution < 1.29 is 4.42 Å². The minimum absolute atomic E-state index is 0.906. The van der Waals surface area contributed by atoms with Gasteiger partial charge in [-0.05, 0) is 28.9 Å². The summed E-state index contributed by atoms with van der Waals surface area (Å²) in [5.41, 5.74) is 2.62. The van der Waals surface area contributed by atoms with Crippen LogP contribution in [0, 0.1) is 0 Å². The van der Waals surface area contributed by atoms with E-state index in [2.05, 4.69) is 21.2 Å². The van der Waals surface area contributed by atoms with Gasteiger partial charge >= 0.3 is 0 Å². The van der Waals surface area contributed by atoms with Crippen LogP contribution in [0.25, 0.3) is 0 Å². The van der Waals surface area contributed by atoms with Crippen LogP contribution in [-0.4, -0.2) is 6.54 Å². The molecule has 10 heavy (non-hydrogen) atoms. The Morgan fingerprint density at radius 3 is 3.30 bits per heavy atom. The Morgan fingerprint density at radius 1 is 1.60 bits per heavy atom. The molecule has 0 radical (unpaired) electrons. The Kier molecular flexibility index (Phi) is 1.54. The molecule has 1 N–H and O–H groups in total. The SMILES string of the molecule is Brc1occ2c1CCNC2. The monoisotopic (exact) mass is 201 g/mol. The van der Waals surface area contributed by atoms with Crippen molar-refractivity contribution in [1.29, 1.82) is 0 Å². The molecule has 0 fully saturated rings. The second kappa shape index (κ2) is 2.40. The molecule has 0 atom stereocenters. The molecule has 0 saturated heterocycles. The zero-order chi connectivity index (χ0) is 6.97. The lowest BCUT2D eigenvalue weighted by Gasteiger charge is -2.10. The standard InChI is InChI=1S/C7H8BrNO/c8-7-6-1-2-9-3-5(6)4-10-7/h4,9H,1-3H2. The molecule has 2 nitrogen and oxygen atoms in total. The highest BCUT2D eigenvalue weighted by Gasteiger charge is 2.14. The van der Waals surface area contributed by atoms with Gasteiger partial charge in [0.25, 0.3) is 0 Å². The summed E-state index contributed by atoms with van der Waals surface area (Å²) in [5, 5.41) is 3.27. The molecule has 0 saturated carbocycles. The maximum absolute atomic E-state index is 5.19. The fourth-order valence-electron chi connectivity index (χ4n) is 1.23. The molecule has 1 aromatic rings. The fraction of sp³-hybridized carbons (Fsp3) is 0.429. The van der Waals surface area contributed by atoms with E-state index in [9.17, 15) is 0 Å². The van der Waals surface area contributed by atoms with Crippen molar-refractivity contribution in [2.75, 3.05) is 6.54 Å². The highest BCUT2D eigenvalue weighted by atomic mass is 79.9. The van der Waals surface area contributed by atoms with Crippen LogP contribution >= 0.6 is 15.9 Å². The van der Waals surface area contributed by atoms with E-state index in [4.69, 9.17) is 4.42 Å². The first kappa shape index (κ1) is 6.43. The third-order valence-corrected chi connectivity index (χ3v) is 2.46. The van der Waals surface area contributed by atoms with Crippen molar-refractivity contribution in [3.8, 4) is 0 Å². The highest BCUT2D eigenvalue weighted by Crippen LogP contribution is 2.24. The van der Waals surface area contributed by atoms with Gasteiger partial charge in [-0.2, -0.15) is 0 Å². The number of rotatable bonds is 0. The maximum atomic E-state index is 5.19. The lowest BCUT2D eigenvalue weighted by atomic mass is 10.1. The third-order valence-electron chi connectivity index (χ3n) is 1.80. The van der Waals surface area contributed by atoms with E-state index in [0.717, 1.165) is 24.2 Å². The smallest absolute Gasteiger partial charge is 0.172 e. The third kappa shape index (κ3) is 0.896. The van der Waals surface area contributed by atoms with E-state index >= 15 is 0 Å². The van der Waals surface area contributed by atoms with Gasteiger partial charge in [0.1, 0.15) is 0 Å². The molecule has 1 aliphatic heterocycles. The van der Waals surface area contributed by atoms with Crippen LogP contribution in [0.4, 0.5) is 0 Å². The molecule has 54 valence electrons. The van der Waals surface area contributed by atoms with E-state index in [-0.39, 0.29) is 0 Å². The Hall–Kier alpha value is -0.280. The lowest BCUT2D eigenvalue weighted by molar-refractivity contribution is 0.536. The highest BCUT2D eigenvalue weighted by molar-refractivity contribution is 9.10. The van der Waals surface area contributed by atoms with Gasteiger partial charge in [-0.3, -0.25) is 0 Å². The number of halogens is 1. The molecule has 0 bridgehead atoms. The molecule has 0 unspecified atom stereocenters. The minimum atomic E-state index is 0.906. The van der Waals surface area contributed by atoms with E-state index in [1.54, 1.807) is 0 Å². The van der Waals surface area contributed by atoms with Crippen LogP contribution in [0.15, 0.2) is 15.3 Å². The molecule has 2 rings (SSSR count). The summed E-state index contributed by atoms with van der Waals surface area (Å²) < 4.78 is 6.10. The van der Waals surface area contributed by atoms with Crippen LogP contribution < -0.4 is 5.32 Å². The van der Waals surface area contributed by atoms with Crippen molar-refractivity contribution in [2.24, 2.45) is 0 Å². The van der Waals surface area contributed by atoms with Crippen LogP contribution in [0.3, 0.4) is 0 Å². The largest absolute Gasteiger partial charge is 0.457 e. The summed E-state index contributed by atoms with van der Waals surface area (Å²) >= 11 is 3.36. The first-order valence-electron chi connectivity index (χ1n) is 3.33. The number of nitrogens with one attached hydrogen (secondary N) is 1. The van der Waals surface area contributed by atoms with E-state index < -0.39 is 0 Å². The number of hydrogen-bond acceptors (Lipinski definition) is 2. The molecule has 0 aliphatic carbocycles. The molecule has 2 heterocycles.